The number of ether oxygens (including phenoxy) is 1. The van der Waals surface area contributed by atoms with Crippen molar-refractivity contribution in [3.8, 4) is 0 Å². The molecule has 1 atom stereocenters. The van der Waals surface area contributed by atoms with Gasteiger partial charge in [-0.25, -0.2) is 14.6 Å². The van der Waals surface area contributed by atoms with Gasteiger partial charge in [-0.2, -0.15) is 5.10 Å². The molecule has 2 aromatic rings. The standard InChI is InChI=1S/C20H32N8O/c1-5-27(6-2)18-9-7-15(11-22-18)12-23-20(21-3)24-16-8-10-19-25-17(14-29-4)26-28(19)13-16/h7,9,11,16H,5-6,8,10,12-14H2,1-4H3,(H2,21,23,24). The van der Waals surface area contributed by atoms with Crippen LogP contribution in [0.5, 0.6) is 0 Å². The second-order valence-corrected chi connectivity index (χ2v) is 7.06. The average molecular weight is 401 g/mol. The first-order valence-corrected chi connectivity index (χ1v) is 10.2. The highest BCUT2D eigenvalue weighted by molar-refractivity contribution is 5.79. The van der Waals surface area contributed by atoms with Crippen molar-refractivity contribution in [1.82, 2.24) is 30.4 Å². The zero-order valence-corrected chi connectivity index (χ0v) is 17.9. The van der Waals surface area contributed by atoms with Gasteiger partial charge < -0.3 is 20.3 Å². The Kier molecular flexibility index (Phi) is 7.40. The maximum Gasteiger partial charge on any atom is 0.191 e. The van der Waals surface area contributed by atoms with Crippen molar-refractivity contribution in [3.63, 3.8) is 0 Å². The van der Waals surface area contributed by atoms with Crippen LogP contribution in [0.2, 0.25) is 0 Å². The lowest BCUT2D eigenvalue weighted by atomic mass is 10.1. The summed E-state index contributed by atoms with van der Waals surface area (Å²) in [5.41, 5.74) is 1.12. The van der Waals surface area contributed by atoms with Gasteiger partial charge in [0.1, 0.15) is 18.2 Å². The predicted molar refractivity (Wildman–Crippen MR) is 114 cm³/mol. The van der Waals surface area contributed by atoms with Crippen LogP contribution in [0.15, 0.2) is 23.3 Å². The highest BCUT2D eigenvalue weighted by atomic mass is 16.5. The van der Waals surface area contributed by atoms with Crippen molar-refractivity contribution in [2.75, 3.05) is 32.1 Å². The molecule has 29 heavy (non-hydrogen) atoms. The summed E-state index contributed by atoms with van der Waals surface area (Å²) in [5, 5.41) is 11.4. The van der Waals surface area contributed by atoms with Crippen molar-refractivity contribution >= 4 is 11.8 Å². The Morgan fingerprint density at radius 2 is 2.17 bits per heavy atom. The minimum absolute atomic E-state index is 0.258. The van der Waals surface area contributed by atoms with Crippen LogP contribution in [0, 0.1) is 0 Å². The molecule has 0 aliphatic carbocycles. The van der Waals surface area contributed by atoms with Crippen LogP contribution in [-0.4, -0.2) is 59.0 Å². The first-order chi connectivity index (χ1) is 14.2. The Hall–Kier alpha value is -2.68. The second kappa shape index (κ2) is 10.2. The van der Waals surface area contributed by atoms with Crippen molar-refractivity contribution in [2.45, 2.75) is 52.4 Å². The van der Waals surface area contributed by atoms with Crippen LogP contribution in [0.3, 0.4) is 0 Å². The number of rotatable bonds is 8. The van der Waals surface area contributed by atoms with E-state index >= 15 is 0 Å². The summed E-state index contributed by atoms with van der Waals surface area (Å²) in [7, 11) is 3.45. The predicted octanol–water partition coefficient (Wildman–Crippen LogP) is 1.35. The van der Waals surface area contributed by atoms with Crippen LogP contribution in [-0.2, 0) is 30.9 Å². The molecule has 0 radical (unpaired) electrons. The van der Waals surface area contributed by atoms with E-state index in [0.29, 0.717) is 13.2 Å². The molecular weight excluding hydrogens is 368 g/mol. The maximum atomic E-state index is 5.13. The summed E-state index contributed by atoms with van der Waals surface area (Å²) in [4.78, 5) is 15.7. The summed E-state index contributed by atoms with van der Waals surface area (Å²) in [5.74, 6) is 3.56. The molecule has 0 fully saturated rings. The zero-order valence-electron chi connectivity index (χ0n) is 17.9. The quantitative estimate of drug-likeness (QED) is 0.510. The molecule has 0 spiro atoms. The van der Waals surface area contributed by atoms with E-state index in [4.69, 9.17) is 4.74 Å². The number of hydrogen-bond acceptors (Lipinski definition) is 6. The van der Waals surface area contributed by atoms with Crippen LogP contribution < -0.4 is 15.5 Å². The van der Waals surface area contributed by atoms with Crippen molar-refractivity contribution in [3.05, 3.63) is 35.5 Å². The number of nitrogens with zero attached hydrogens (tertiary/aromatic N) is 6. The van der Waals surface area contributed by atoms with Crippen LogP contribution in [0.25, 0.3) is 0 Å². The van der Waals surface area contributed by atoms with Crippen LogP contribution in [0.4, 0.5) is 5.82 Å². The third-order valence-electron chi connectivity index (χ3n) is 5.10. The Labute approximate surface area is 172 Å². The lowest BCUT2D eigenvalue weighted by Crippen LogP contribution is -2.46. The minimum Gasteiger partial charge on any atom is -0.377 e. The Morgan fingerprint density at radius 3 is 2.83 bits per heavy atom. The normalized spacial score (nSPS) is 16.4. The molecule has 9 nitrogen and oxygen atoms in total. The third kappa shape index (κ3) is 5.44. The van der Waals surface area contributed by atoms with Crippen molar-refractivity contribution in [2.24, 2.45) is 4.99 Å². The van der Waals surface area contributed by atoms with Gasteiger partial charge in [0.25, 0.3) is 0 Å². The van der Waals surface area contributed by atoms with Crippen molar-refractivity contribution in [1.29, 1.82) is 0 Å². The van der Waals surface area contributed by atoms with E-state index in [-0.39, 0.29) is 6.04 Å². The first kappa shape index (κ1) is 21.0. The van der Waals surface area contributed by atoms with E-state index in [0.717, 1.165) is 61.5 Å². The zero-order chi connectivity index (χ0) is 20.6. The van der Waals surface area contributed by atoms with Gasteiger partial charge in [-0.15, -0.1) is 0 Å². The molecule has 3 heterocycles. The van der Waals surface area contributed by atoms with E-state index < -0.39 is 0 Å². The average Bonchev–Trinajstić information content (AvgIpc) is 3.15. The monoisotopic (exact) mass is 400 g/mol. The summed E-state index contributed by atoms with van der Waals surface area (Å²) in [6, 6.07) is 4.44. The minimum atomic E-state index is 0.258. The topological polar surface area (TPSA) is 92.5 Å². The van der Waals surface area contributed by atoms with E-state index in [1.807, 2.05) is 10.9 Å². The Morgan fingerprint density at radius 1 is 1.34 bits per heavy atom. The van der Waals surface area contributed by atoms with Gasteiger partial charge >= 0.3 is 0 Å². The molecule has 0 aromatic carbocycles. The van der Waals surface area contributed by atoms with E-state index in [2.05, 4.69) is 61.6 Å². The molecule has 2 N–H and O–H groups in total. The van der Waals surface area contributed by atoms with Gasteiger partial charge in [-0.1, -0.05) is 6.07 Å². The molecule has 0 bridgehead atoms. The second-order valence-electron chi connectivity index (χ2n) is 7.06. The number of anilines is 1. The maximum absolute atomic E-state index is 5.13. The Balaban J connectivity index is 1.52. The van der Waals surface area contributed by atoms with Gasteiger partial charge in [-0.3, -0.25) is 4.99 Å². The molecule has 1 aliphatic rings. The largest absolute Gasteiger partial charge is 0.377 e. The van der Waals surface area contributed by atoms with E-state index in [9.17, 15) is 0 Å². The molecule has 9 heteroatoms. The molecule has 1 aliphatic heterocycles. The fourth-order valence-corrected chi connectivity index (χ4v) is 3.50. The number of nitrogens with one attached hydrogen (secondary N) is 2. The number of pyridine rings is 1. The number of aliphatic imine (C=N–C) groups is 1. The lowest BCUT2D eigenvalue weighted by molar-refractivity contribution is 0.177. The summed E-state index contributed by atoms with van der Waals surface area (Å²) >= 11 is 0. The fourth-order valence-electron chi connectivity index (χ4n) is 3.50. The molecule has 3 rings (SSSR count). The van der Waals surface area contributed by atoms with E-state index in [1.165, 1.54) is 0 Å². The van der Waals surface area contributed by atoms with Gasteiger partial charge in [0.15, 0.2) is 11.8 Å². The van der Waals surface area contributed by atoms with E-state index in [1.54, 1.807) is 14.2 Å². The number of aromatic nitrogens is 4. The molecule has 158 valence electrons. The molecule has 0 saturated heterocycles. The van der Waals surface area contributed by atoms with Gasteiger partial charge in [0.05, 0.1) is 6.54 Å². The van der Waals surface area contributed by atoms with Crippen LogP contribution in [0.1, 0.15) is 37.5 Å². The number of hydrogen-bond donors (Lipinski definition) is 2. The summed E-state index contributed by atoms with van der Waals surface area (Å²) < 4.78 is 7.10. The highest BCUT2D eigenvalue weighted by Gasteiger charge is 2.22. The third-order valence-corrected chi connectivity index (χ3v) is 5.10. The van der Waals surface area contributed by atoms with Gasteiger partial charge in [0.2, 0.25) is 0 Å². The Bertz CT molecular complexity index is 797. The SMILES string of the molecule is CCN(CC)c1ccc(CNC(=NC)NC2CCc3nc(COC)nn3C2)cn1. The first-order valence-electron chi connectivity index (χ1n) is 10.2. The smallest absolute Gasteiger partial charge is 0.191 e. The number of guanidine groups is 1. The summed E-state index contributed by atoms with van der Waals surface area (Å²) in [6.45, 7) is 8.09. The highest BCUT2D eigenvalue weighted by Crippen LogP contribution is 2.14. The summed E-state index contributed by atoms with van der Waals surface area (Å²) in [6.07, 6.45) is 3.81. The number of methoxy groups -OCH3 is 1. The van der Waals surface area contributed by atoms with Gasteiger partial charge in [-0.05, 0) is 31.9 Å². The number of aryl methyl sites for hydroxylation is 1. The molecule has 1 unspecified atom stereocenters. The fraction of sp³-hybridized carbons (Fsp3) is 0.600. The molecule has 0 saturated carbocycles. The van der Waals surface area contributed by atoms with Crippen molar-refractivity contribution < 1.29 is 4.74 Å². The molecule has 2 aromatic heterocycles. The van der Waals surface area contributed by atoms with Gasteiger partial charge in [0, 0.05) is 52.5 Å². The van der Waals surface area contributed by atoms with Crippen LogP contribution >= 0.6 is 0 Å². The molecule has 0 amide bonds. The number of fused-ring (bicyclic) bond motifs is 1. The lowest BCUT2D eigenvalue weighted by Gasteiger charge is -2.25. The molecular formula is C20H32N8O.